The molecule has 0 aliphatic heterocycles. The number of anilines is 1. The number of benzene rings is 1. The van der Waals surface area contributed by atoms with Crippen LogP contribution in [0, 0.1) is 5.92 Å². The zero-order chi connectivity index (χ0) is 16.1. The highest BCUT2D eigenvalue weighted by Crippen LogP contribution is 2.31. The normalized spacial score (nSPS) is 16.0. The smallest absolute Gasteiger partial charge is 0.233 e. The van der Waals surface area contributed by atoms with Crippen molar-refractivity contribution in [3.8, 4) is 0 Å². The van der Waals surface area contributed by atoms with Crippen molar-refractivity contribution in [1.29, 1.82) is 0 Å². The van der Waals surface area contributed by atoms with E-state index in [0.29, 0.717) is 12.5 Å². The molecule has 2 atom stereocenters. The first kappa shape index (κ1) is 19.8. The summed E-state index contributed by atoms with van der Waals surface area (Å²) in [6.07, 6.45) is 2.37. The highest BCUT2D eigenvalue weighted by atomic mass is 35.5. The lowest BCUT2D eigenvalue weighted by atomic mass is 10.2. The molecular formula is C16H24ClN3O2S. The number of carbonyl (C=O) groups is 2. The number of nitrogens with one attached hydrogen (secondary N) is 2. The molecule has 1 fully saturated rings. The average Bonchev–Trinajstić information content (AvgIpc) is 3.30. The molecule has 0 bridgehead atoms. The van der Waals surface area contributed by atoms with Crippen LogP contribution in [0.4, 0.5) is 5.69 Å². The first-order chi connectivity index (χ1) is 10.5. The summed E-state index contributed by atoms with van der Waals surface area (Å²) in [7, 11) is 0. The summed E-state index contributed by atoms with van der Waals surface area (Å²) in [6, 6.07) is 7.54. The Morgan fingerprint density at radius 3 is 2.43 bits per heavy atom. The predicted molar refractivity (Wildman–Crippen MR) is 97.0 cm³/mol. The Bertz CT molecular complexity index is 535. The molecule has 5 nitrogen and oxygen atoms in total. The molecule has 1 saturated carbocycles. The van der Waals surface area contributed by atoms with E-state index in [0.717, 1.165) is 10.6 Å². The molecule has 4 N–H and O–H groups in total. The van der Waals surface area contributed by atoms with Gasteiger partial charge in [-0.2, -0.15) is 0 Å². The Kier molecular flexibility index (Phi) is 7.88. The molecule has 2 amide bonds. The van der Waals surface area contributed by atoms with E-state index >= 15 is 0 Å². The van der Waals surface area contributed by atoms with Gasteiger partial charge in [0.2, 0.25) is 11.8 Å². The van der Waals surface area contributed by atoms with Gasteiger partial charge < -0.3 is 16.4 Å². The van der Waals surface area contributed by atoms with Crippen LogP contribution >= 0.6 is 24.2 Å². The quantitative estimate of drug-likeness (QED) is 0.654. The Balaban J connectivity index is 0.00000264. The number of carbonyl (C=O) groups excluding carboxylic acids is 2. The summed E-state index contributed by atoms with van der Waals surface area (Å²) in [4.78, 5) is 24.0. The summed E-state index contributed by atoms with van der Waals surface area (Å²) in [5.41, 5.74) is 6.73. The molecular weight excluding hydrogens is 334 g/mol. The zero-order valence-electron chi connectivity index (χ0n) is 13.4. The van der Waals surface area contributed by atoms with Crippen molar-refractivity contribution < 1.29 is 9.59 Å². The van der Waals surface area contributed by atoms with Crippen LogP contribution in [0.1, 0.15) is 26.7 Å². The summed E-state index contributed by atoms with van der Waals surface area (Å²) in [5, 5.41) is 5.45. The fraction of sp³-hybridized carbons (Fsp3) is 0.500. The fourth-order valence-corrected chi connectivity index (χ4v) is 3.02. The SMILES string of the molecule is CC(=O)Nc1ccc(SC(C)C(=O)NCC(N)C2CC2)cc1.Cl. The van der Waals surface area contributed by atoms with E-state index in [1.165, 1.54) is 31.5 Å². The minimum atomic E-state index is -0.182. The van der Waals surface area contributed by atoms with Crippen molar-refractivity contribution in [2.75, 3.05) is 11.9 Å². The number of thioether (sulfide) groups is 1. The Morgan fingerprint density at radius 2 is 1.91 bits per heavy atom. The molecule has 23 heavy (non-hydrogen) atoms. The molecule has 0 spiro atoms. The number of hydrogen-bond acceptors (Lipinski definition) is 4. The molecule has 1 aliphatic rings. The minimum Gasteiger partial charge on any atom is -0.354 e. The molecule has 0 heterocycles. The van der Waals surface area contributed by atoms with E-state index in [1.54, 1.807) is 0 Å². The zero-order valence-corrected chi connectivity index (χ0v) is 15.0. The molecule has 0 radical (unpaired) electrons. The Labute approximate surface area is 147 Å². The Hall–Kier alpha value is -1.24. The maximum absolute atomic E-state index is 12.1. The van der Waals surface area contributed by atoms with Crippen LogP contribution in [0.25, 0.3) is 0 Å². The fourth-order valence-electron chi connectivity index (χ4n) is 2.13. The lowest BCUT2D eigenvalue weighted by Gasteiger charge is -2.15. The van der Waals surface area contributed by atoms with Gasteiger partial charge in [0.05, 0.1) is 5.25 Å². The van der Waals surface area contributed by atoms with E-state index in [9.17, 15) is 9.59 Å². The summed E-state index contributed by atoms with van der Waals surface area (Å²) >= 11 is 1.49. The van der Waals surface area contributed by atoms with Crippen molar-refractivity contribution in [2.45, 2.75) is 42.9 Å². The molecule has 7 heteroatoms. The van der Waals surface area contributed by atoms with Gasteiger partial charge in [-0.3, -0.25) is 9.59 Å². The van der Waals surface area contributed by atoms with Gasteiger partial charge in [0.1, 0.15) is 0 Å². The van der Waals surface area contributed by atoms with Crippen LogP contribution in [0.2, 0.25) is 0 Å². The van der Waals surface area contributed by atoms with Crippen molar-refractivity contribution in [1.82, 2.24) is 5.32 Å². The number of amides is 2. The van der Waals surface area contributed by atoms with E-state index < -0.39 is 0 Å². The van der Waals surface area contributed by atoms with Crippen molar-refractivity contribution >= 4 is 41.7 Å². The topological polar surface area (TPSA) is 84.2 Å². The van der Waals surface area contributed by atoms with Gasteiger partial charge in [-0.05, 0) is 49.9 Å². The van der Waals surface area contributed by atoms with Crippen LogP contribution in [-0.2, 0) is 9.59 Å². The molecule has 1 aromatic carbocycles. The predicted octanol–water partition coefficient (Wildman–Crippen LogP) is 2.40. The maximum Gasteiger partial charge on any atom is 0.233 e. The summed E-state index contributed by atoms with van der Waals surface area (Å²) in [6.45, 7) is 3.90. The number of halogens is 1. The molecule has 1 aliphatic carbocycles. The second-order valence-electron chi connectivity index (χ2n) is 5.71. The maximum atomic E-state index is 12.1. The lowest BCUT2D eigenvalue weighted by Crippen LogP contribution is -2.41. The third-order valence-electron chi connectivity index (χ3n) is 3.60. The average molecular weight is 358 g/mol. The standard InChI is InChI=1S/C16H23N3O2S.ClH/c1-10(16(21)18-9-15(17)12-3-4-12)22-14-7-5-13(6-8-14)19-11(2)20;/h5-8,10,12,15H,3-4,9,17H2,1-2H3,(H,18,21)(H,19,20);1H. The molecule has 0 saturated heterocycles. The molecule has 0 aromatic heterocycles. The van der Waals surface area contributed by atoms with Crippen molar-refractivity contribution in [3.05, 3.63) is 24.3 Å². The van der Waals surface area contributed by atoms with Crippen LogP contribution in [0.3, 0.4) is 0 Å². The van der Waals surface area contributed by atoms with Crippen LogP contribution in [-0.4, -0.2) is 29.7 Å². The van der Waals surface area contributed by atoms with Gasteiger partial charge in [0.25, 0.3) is 0 Å². The van der Waals surface area contributed by atoms with Crippen LogP contribution < -0.4 is 16.4 Å². The second kappa shape index (κ2) is 9.15. The third-order valence-corrected chi connectivity index (χ3v) is 4.71. The summed E-state index contributed by atoms with van der Waals surface area (Å²) in [5.74, 6) is 0.497. The monoisotopic (exact) mass is 357 g/mol. The second-order valence-corrected chi connectivity index (χ2v) is 7.13. The highest BCUT2D eigenvalue weighted by Gasteiger charge is 2.28. The highest BCUT2D eigenvalue weighted by molar-refractivity contribution is 8.00. The van der Waals surface area contributed by atoms with Gasteiger partial charge in [-0.15, -0.1) is 24.2 Å². The Morgan fingerprint density at radius 1 is 1.30 bits per heavy atom. The van der Waals surface area contributed by atoms with Gasteiger partial charge in [0.15, 0.2) is 0 Å². The summed E-state index contributed by atoms with van der Waals surface area (Å²) < 4.78 is 0. The van der Waals surface area contributed by atoms with E-state index in [2.05, 4.69) is 10.6 Å². The number of nitrogens with two attached hydrogens (primary N) is 1. The molecule has 2 unspecified atom stereocenters. The van der Waals surface area contributed by atoms with Gasteiger partial charge in [-0.25, -0.2) is 0 Å². The van der Waals surface area contributed by atoms with E-state index in [4.69, 9.17) is 5.73 Å². The van der Waals surface area contributed by atoms with Gasteiger partial charge in [0, 0.05) is 30.1 Å². The van der Waals surface area contributed by atoms with Crippen LogP contribution in [0.15, 0.2) is 29.2 Å². The number of rotatable bonds is 7. The first-order valence-corrected chi connectivity index (χ1v) is 8.41. The lowest BCUT2D eigenvalue weighted by molar-refractivity contribution is -0.120. The minimum absolute atomic E-state index is 0. The van der Waals surface area contributed by atoms with E-state index in [-0.39, 0.29) is 35.5 Å². The van der Waals surface area contributed by atoms with Gasteiger partial charge in [-0.1, -0.05) is 0 Å². The number of hydrogen-bond donors (Lipinski definition) is 3. The van der Waals surface area contributed by atoms with E-state index in [1.807, 2.05) is 31.2 Å². The first-order valence-electron chi connectivity index (χ1n) is 7.53. The third kappa shape index (κ3) is 6.81. The van der Waals surface area contributed by atoms with Crippen LogP contribution in [0.5, 0.6) is 0 Å². The molecule has 2 rings (SSSR count). The molecule has 1 aromatic rings. The van der Waals surface area contributed by atoms with Crippen molar-refractivity contribution in [2.24, 2.45) is 11.7 Å². The largest absolute Gasteiger partial charge is 0.354 e. The molecule has 128 valence electrons. The van der Waals surface area contributed by atoms with Gasteiger partial charge >= 0.3 is 0 Å². The van der Waals surface area contributed by atoms with Crippen molar-refractivity contribution in [3.63, 3.8) is 0 Å².